The Kier molecular flexibility index (Phi) is 5.57. The molecule has 1 heterocycles. The van der Waals surface area contributed by atoms with Crippen LogP contribution in [0.4, 0.5) is 5.69 Å². The zero-order valence-corrected chi connectivity index (χ0v) is 14.9. The molecule has 138 valence electrons. The molecular weight excluding hydrogens is 346 g/mol. The van der Waals surface area contributed by atoms with E-state index in [1.165, 1.54) is 13.2 Å². The van der Waals surface area contributed by atoms with Gasteiger partial charge in [0.05, 0.1) is 20.3 Å². The predicted octanol–water partition coefficient (Wildman–Crippen LogP) is 0.453. The molecule has 1 amide bonds. The quantitative estimate of drug-likeness (QED) is 0.645. The monoisotopic (exact) mass is 369 g/mol. The average molecular weight is 369 g/mol. The van der Waals surface area contributed by atoms with Crippen LogP contribution in [0.3, 0.4) is 0 Å². The lowest BCUT2D eigenvalue weighted by Gasteiger charge is -2.23. The number of amides is 1. The van der Waals surface area contributed by atoms with Gasteiger partial charge < -0.3 is 20.1 Å². The van der Waals surface area contributed by atoms with E-state index in [9.17, 15) is 13.2 Å². The second kappa shape index (κ2) is 7.69. The van der Waals surface area contributed by atoms with Gasteiger partial charge in [0, 0.05) is 30.7 Å². The van der Waals surface area contributed by atoms with E-state index in [2.05, 4.69) is 15.4 Å². The van der Waals surface area contributed by atoms with Gasteiger partial charge in [0.25, 0.3) is 0 Å². The van der Waals surface area contributed by atoms with Gasteiger partial charge >= 0.3 is 0 Å². The summed E-state index contributed by atoms with van der Waals surface area (Å²) in [5.74, 6) is 0.0418. The van der Waals surface area contributed by atoms with Gasteiger partial charge in [0.2, 0.25) is 15.9 Å². The first-order valence-corrected chi connectivity index (χ1v) is 9.77. The molecule has 1 aliphatic carbocycles. The SMILES string of the molecule is COc1ccc(NC(=O)CC2COCCN2)cc1S(=O)(=O)NC1CC1. The van der Waals surface area contributed by atoms with Crippen molar-refractivity contribution in [1.82, 2.24) is 10.0 Å². The molecule has 2 aliphatic rings. The molecule has 9 heteroatoms. The fourth-order valence-corrected chi connectivity index (χ4v) is 4.14. The summed E-state index contributed by atoms with van der Waals surface area (Å²) in [4.78, 5) is 12.2. The van der Waals surface area contributed by atoms with Crippen LogP contribution in [0.5, 0.6) is 5.75 Å². The van der Waals surface area contributed by atoms with E-state index >= 15 is 0 Å². The Balaban J connectivity index is 1.71. The fraction of sp³-hybridized carbons (Fsp3) is 0.562. The van der Waals surface area contributed by atoms with E-state index in [1.807, 2.05) is 0 Å². The lowest BCUT2D eigenvalue weighted by molar-refractivity contribution is -0.117. The first-order valence-electron chi connectivity index (χ1n) is 8.29. The standard InChI is InChI=1S/C16H23N3O5S/c1-23-14-5-4-12(8-15(14)25(21,22)19-11-2-3-11)18-16(20)9-13-10-24-7-6-17-13/h4-5,8,11,13,17,19H,2-3,6-7,9-10H2,1H3,(H,18,20). The molecule has 1 aromatic rings. The molecule has 3 rings (SSSR count). The van der Waals surface area contributed by atoms with Crippen molar-refractivity contribution in [3.63, 3.8) is 0 Å². The van der Waals surface area contributed by atoms with Crippen LogP contribution in [0.1, 0.15) is 19.3 Å². The molecule has 2 fully saturated rings. The van der Waals surface area contributed by atoms with Gasteiger partial charge in [0.15, 0.2) is 0 Å². The molecule has 1 aromatic carbocycles. The number of hydrogen-bond acceptors (Lipinski definition) is 6. The molecule has 1 saturated heterocycles. The van der Waals surface area contributed by atoms with Crippen LogP contribution in [0.25, 0.3) is 0 Å². The molecule has 1 saturated carbocycles. The summed E-state index contributed by atoms with van der Waals surface area (Å²) in [7, 11) is -2.27. The zero-order valence-electron chi connectivity index (χ0n) is 14.1. The Morgan fingerprint density at radius 2 is 2.20 bits per heavy atom. The lowest BCUT2D eigenvalue weighted by atomic mass is 10.2. The third kappa shape index (κ3) is 4.91. The maximum atomic E-state index is 12.5. The van der Waals surface area contributed by atoms with Crippen LogP contribution in [0.2, 0.25) is 0 Å². The van der Waals surface area contributed by atoms with Crippen LogP contribution >= 0.6 is 0 Å². The molecule has 1 unspecified atom stereocenters. The van der Waals surface area contributed by atoms with Gasteiger partial charge in [-0.3, -0.25) is 4.79 Å². The van der Waals surface area contributed by atoms with Crippen LogP contribution < -0.4 is 20.1 Å². The zero-order chi connectivity index (χ0) is 17.9. The maximum absolute atomic E-state index is 12.5. The molecular formula is C16H23N3O5S. The van der Waals surface area contributed by atoms with Gasteiger partial charge in [-0.1, -0.05) is 0 Å². The highest BCUT2D eigenvalue weighted by Crippen LogP contribution is 2.29. The highest BCUT2D eigenvalue weighted by molar-refractivity contribution is 7.89. The second-order valence-electron chi connectivity index (χ2n) is 6.24. The number of carbonyl (C=O) groups is 1. The molecule has 25 heavy (non-hydrogen) atoms. The summed E-state index contributed by atoms with van der Waals surface area (Å²) in [6.45, 7) is 1.85. The molecule has 0 aromatic heterocycles. The molecule has 0 spiro atoms. The van der Waals surface area contributed by atoms with Crippen molar-refractivity contribution in [3.8, 4) is 5.75 Å². The van der Waals surface area contributed by atoms with E-state index in [-0.39, 0.29) is 35.1 Å². The average Bonchev–Trinajstić information content (AvgIpc) is 3.39. The van der Waals surface area contributed by atoms with E-state index in [4.69, 9.17) is 9.47 Å². The van der Waals surface area contributed by atoms with Gasteiger partial charge in [-0.15, -0.1) is 0 Å². The normalized spacial score (nSPS) is 20.9. The van der Waals surface area contributed by atoms with Gasteiger partial charge in [-0.2, -0.15) is 0 Å². The molecule has 3 N–H and O–H groups in total. The summed E-state index contributed by atoms with van der Waals surface area (Å²) < 4.78 is 38.1. The number of hydrogen-bond donors (Lipinski definition) is 3. The fourth-order valence-electron chi connectivity index (χ4n) is 2.64. The van der Waals surface area contributed by atoms with E-state index in [1.54, 1.807) is 12.1 Å². The summed E-state index contributed by atoms with van der Waals surface area (Å²) in [5.41, 5.74) is 0.415. The summed E-state index contributed by atoms with van der Waals surface area (Å²) in [6, 6.07) is 4.54. The molecule has 8 nitrogen and oxygen atoms in total. The predicted molar refractivity (Wildman–Crippen MR) is 92.2 cm³/mol. The number of rotatable bonds is 7. The van der Waals surface area contributed by atoms with Gasteiger partial charge in [-0.05, 0) is 31.0 Å². The first kappa shape index (κ1) is 18.1. The summed E-state index contributed by atoms with van der Waals surface area (Å²) in [5, 5.41) is 5.95. The van der Waals surface area contributed by atoms with E-state index in [0.717, 1.165) is 19.4 Å². The highest BCUT2D eigenvalue weighted by atomic mass is 32.2. The minimum Gasteiger partial charge on any atom is -0.495 e. The van der Waals surface area contributed by atoms with Crippen molar-refractivity contribution >= 4 is 21.6 Å². The van der Waals surface area contributed by atoms with Crippen LogP contribution in [0.15, 0.2) is 23.1 Å². The number of carbonyl (C=O) groups excluding carboxylic acids is 1. The number of methoxy groups -OCH3 is 1. The van der Waals surface area contributed by atoms with Crippen LogP contribution in [0, 0.1) is 0 Å². The van der Waals surface area contributed by atoms with Crippen molar-refractivity contribution in [2.45, 2.75) is 36.2 Å². The Bertz CT molecular complexity index is 727. The number of benzene rings is 1. The van der Waals surface area contributed by atoms with Gasteiger partial charge in [0.1, 0.15) is 10.6 Å². The number of anilines is 1. The largest absolute Gasteiger partial charge is 0.495 e. The third-order valence-electron chi connectivity index (χ3n) is 4.07. The van der Waals surface area contributed by atoms with Gasteiger partial charge in [-0.25, -0.2) is 13.1 Å². The Labute approximate surface area is 147 Å². The van der Waals surface area contributed by atoms with Crippen molar-refractivity contribution in [2.24, 2.45) is 0 Å². The smallest absolute Gasteiger partial charge is 0.244 e. The van der Waals surface area contributed by atoms with Crippen molar-refractivity contribution in [2.75, 3.05) is 32.2 Å². The van der Waals surface area contributed by atoms with E-state index in [0.29, 0.717) is 18.9 Å². The molecule has 0 radical (unpaired) electrons. The Hall–Kier alpha value is -1.68. The van der Waals surface area contributed by atoms with E-state index < -0.39 is 10.0 Å². The number of morpholine rings is 1. The van der Waals surface area contributed by atoms with Crippen molar-refractivity contribution in [1.29, 1.82) is 0 Å². The molecule has 1 atom stereocenters. The van der Waals surface area contributed by atoms with Crippen molar-refractivity contribution in [3.05, 3.63) is 18.2 Å². The topological polar surface area (TPSA) is 106 Å². The Morgan fingerprint density at radius 1 is 1.40 bits per heavy atom. The molecule has 1 aliphatic heterocycles. The summed E-state index contributed by atoms with van der Waals surface area (Å²) >= 11 is 0. The maximum Gasteiger partial charge on any atom is 0.244 e. The summed E-state index contributed by atoms with van der Waals surface area (Å²) in [6.07, 6.45) is 1.94. The van der Waals surface area contributed by atoms with Crippen molar-refractivity contribution < 1.29 is 22.7 Å². The highest BCUT2D eigenvalue weighted by Gasteiger charge is 2.30. The first-order chi connectivity index (χ1) is 12.0. The third-order valence-corrected chi connectivity index (χ3v) is 5.61. The molecule has 0 bridgehead atoms. The number of sulfonamides is 1. The lowest BCUT2D eigenvalue weighted by Crippen LogP contribution is -2.43. The minimum absolute atomic E-state index is 0.00895. The minimum atomic E-state index is -3.68. The van der Waals surface area contributed by atoms with Crippen LogP contribution in [-0.2, 0) is 19.6 Å². The Morgan fingerprint density at radius 3 is 2.84 bits per heavy atom. The number of ether oxygens (including phenoxy) is 2. The number of nitrogens with one attached hydrogen (secondary N) is 3. The second-order valence-corrected chi connectivity index (χ2v) is 7.92. The van der Waals surface area contributed by atoms with Crippen LogP contribution in [-0.4, -0.2) is 53.3 Å².